The maximum Gasteiger partial charge on any atom is 0.182 e. The fourth-order valence-electron chi connectivity index (χ4n) is 2.26. The number of tetrazole rings is 1. The fraction of sp³-hybridized carbons (Fsp3) is 0.533. The normalized spacial score (nSPS) is 12.8. The third-order valence-corrected chi connectivity index (χ3v) is 3.69. The van der Waals surface area contributed by atoms with Gasteiger partial charge in [-0.25, -0.2) is 4.68 Å². The van der Waals surface area contributed by atoms with E-state index >= 15 is 0 Å². The van der Waals surface area contributed by atoms with Crippen LogP contribution >= 0.6 is 0 Å². The van der Waals surface area contributed by atoms with Gasteiger partial charge in [-0.15, -0.1) is 5.10 Å². The van der Waals surface area contributed by atoms with Crippen LogP contribution in [0.3, 0.4) is 0 Å². The third-order valence-electron chi connectivity index (χ3n) is 3.69. The number of anilines is 1. The molecule has 5 nitrogen and oxygen atoms in total. The van der Waals surface area contributed by atoms with Gasteiger partial charge >= 0.3 is 0 Å². The molecular weight excluding hydrogens is 250 g/mol. The molecule has 1 aromatic heterocycles. The highest BCUT2D eigenvalue weighted by molar-refractivity contribution is 5.67. The van der Waals surface area contributed by atoms with Gasteiger partial charge in [0.05, 0.1) is 6.04 Å². The van der Waals surface area contributed by atoms with Crippen molar-refractivity contribution < 1.29 is 0 Å². The molecule has 2 aromatic rings. The molecule has 20 heavy (non-hydrogen) atoms. The Labute approximate surface area is 120 Å². The van der Waals surface area contributed by atoms with Crippen molar-refractivity contribution in [2.24, 2.45) is 5.92 Å². The number of aromatic nitrogens is 4. The number of rotatable bonds is 5. The number of hydrogen-bond acceptors (Lipinski definition) is 4. The molecule has 0 aliphatic rings. The molecule has 0 radical (unpaired) electrons. The van der Waals surface area contributed by atoms with Gasteiger partial charge in [-0.1, -0.05) is 26.0 Å². The van der Waals surface area contributed by atoms with Crippen molar-refractivity contribution in [1.29, 1.82) is 0 Å². The molecule has 0 amide bonds. The topological polar surface area (TPSA) is 69.6 Å². The van der Waals surface area contributed by atoms with Crippen molar-refractivity contribution in [3.63, 3.8) is 0 Å². The molecule has 0 spiro atoms. The average molecular weight is 273 g/mol. The molecule has 108 valence electrons. The van der Waals surface area contributed by atoms with Gasteiger partial charge < -0.3 is 5.73 Å². The largest absolute Gasteiger partial charge is 0.398 e. The summed E-state index contributed by atoms with van der Waals surface area (Å²) in [5.74, 6) is 1.48. The lowest BCUT2D eigenvalue weighted by Crippen LogP contribution is -2.10. The summed E-state index contributed by atoms with van der Waals surface area (Å²) in [6.45, 7) is 8.62. The number of nitrogens with two attached hydrogens (primary N) is 1. The standard InChI is InChI=1S/C15H23N5/c1-10(2)8-9-11(3)20-15(17-18-19-20)13-6-5-7-14(16)12(13)4/h5-7,10-11H,8-9,16H2,1-4H3. The van der Waals surface area contributed by atoms with E-state index in [4.69, 9.17) is 5.73 Å². The van der Waals surface area contributed by atoms with Crippen LogP contribution in [0.5, 0.6) is 0 Å². The minimum atomic E-state index is 0.281. The summed E-state index contributed by atoms with van der Waals surface area (Å²) < 4.78 is 1.91. The lowest BCUT2D eigenvalue weighted by atomic mass is 10.0. The predicted molar refractivity (Wildman–Crippen MR) is 81.2 cm³/mol. The van der Waals surface area contributed by atoms with Gasteiger partial charge in [-0.2, -0.15) is 0 Å². The van der Waals surface area contributed by atoms with E-state index in [1.165, 1.54) is 0 Å². The number of hydrogen-bond donors (Lipinski definition) is 1. The lowest BCUT2D eigenvalue weighted by molar-refractivity contribution is 0.406. The quantitative estimate of drug-likeness (QED) is 0.849. The van der Waals surface area contributed by atoms with E-state index < -0.39 is 0 Å². The first-order valence-electron chi connectivity index (χ1n) is 7.14. The highest BCUT2D eigenvalue weighted by Gasteiger charge is 2.17. The monoisotopic (exact) mass is 273 g/mol. The maximum absolute atomic E-state index is 5.97. The van der Waals surface area contributed by atoms with Crippen molar-refractivity contribution in [2.75, 3.05) is 5.73 Å². The summed E-state index contributed by atoms with van der Waals surface area (Å²) in [6, 6.07) is 6.14. The summed E-state index contributed by atoms with van der Waals surface area (Å²) in [7, 11) is 0. The summed E-state index contributed by atoms with van der Waals surface area (Å²) in [4.78, 5) is 0. The molecule has 1 heterocycles. The molecule has 1 aromatic carbocycles. The van der Waals surface area contributed by atoms with Gasteiger partial charge in [0, 0.05) is 11.3 Å². The van der Waals surface area contributed by atoms with E-state index in [0.29, 0.717) is 5.92 Å². The minimum absolute atomic E-state index is 0.281. The number of nitrogen functional groups attached to an aromatic ring is 1. The molecule has 0 aliphatic carbocycles. The average Bonchev–Trinajstić information content (AvgIpc) is 2.88. The molecule has 0 bridgehead atoms. The van der Waals surface area contributed by atoms with Crippen LogP contribution in [0.4, 0.5) is 5.69 Å². The molecule has 1 unspecified atom stereocenters. The molecule has 2 N–H and O–H groups in total. The van der Waals surface area contributed by atoms with E-state index in [-0.39, 0.29) is 6.04 Å². The fourth-order valence-corrected chi connectivity index (χ4v) is 2.26. The van der Waals surface area contributed by atoms with Crippen LogP contribution in [-0.2, 0) is 0 Å². The molecular formula is C15H23N5. The lowest BCUT2D eigenvalue weighted by Gasteiger charge is -2.15. The van der Waals surface area contributed by atoms with Crippen LogP contribution in [0.25, 0.3) is 11.4 Å². The van der Waals surface area contributed by atoms with Crippen LogP contribution in [0, 0.1) is 12.8 Å². The second kappa shape index (κ2) is 6.03. The molecule has 2 rings (SSSR count). The first kappa shape index (κ1) is 14.5. The Morgan fingerprint density at radius 1 is 1.20 bits per heavy atom. The van der Waals surface area contributed by atoms with E-state index in [1.807, 2.05) is 29.8 Å². The summed E-state index contributed by atoms with van der Waals surface area (Å²) in [5.41, 5.74) is 8.78. The molecule has 5 heteroatoms. The van der Waals surface area contributed by atoms with Crippen molar-refractivity contribution >= 4 is 5.69 Å². The highest BCUT2D eigenvalue weighted by atomic mass is 15.5. The van der Waals surface area contributed by atoms with Gasteiger partial charge in [0.2, 0.25) is 0 Å². The Balaban J connectivity index is 2.30. The summed E-state index contributed by atoms with van der Waals surface area (Å²) in [5, 5.41) is 12.2. The van der Waals surface area contributed by atoms with Gasteiger partial charge in [0.25, 0.3) is 0 Å². The zero-order valence-electron chi connectivity index (χ0n) is 12.7. The van der Waals surface area contributed by atoms with E-state index in [2.05, 4.69) is 36.3 Å². The molecule has 0 fully saturated rings. The summed E-state index contributed by atoms with van der Waals surface area (Å²) >= 11 is 0. The van der Waals surface area contributed by atoms with Crippen LogP contribution in [0.2, 0.25) is 0 Å². The van der Waals surface area contributed by atoms with Crippen LogP contribution in [0.1, 0.15) is 45.2 Å². The van der Waals surface area contributed by atoms with Gasteiger partial charge in [0.15, 0.2) is 5.82 Å². The van der Waals surface area contributed by atoms with E-state index in [9.17, 15) is 0 Å². The highest BCUT2D eigenvalue weighted by Crippen LogP contribution is 2.27. The Bertz CT molecular complexity index is 573. The Morgan fingerprint density at radius 3 is 2.65 bits per heavy atom. The first-order chi connectivity index (χ1) is 9.50. The van der Waals surface area contributed by atoms with Crippen molar-refractivity contribution in [3.05, 3.63) is 23.8 Å². The van der Waals surface area contributed by atoms with Crippen molar-refractivity contribution in [3.8, 4) is 11.4 Å². The third kappa shape index (κ3) is 2.98. The van der Waals surface area contributed by atoms with Crippen molar-refractivity contribution in [2.45, 2.75) is 46.6 Å². The van der Waals surface area contributed by atoms with Crippen LogP contribution in [-0.4, -0.2) is 20.2 Å². The zero-order valence-corrected chi connectivity index (χ0v) is 12.7. The SMILES string of the molecule is Cc1c(N)cccc1-c1nnnn1C(C)CCC(C)C. The maximum atomic E-state index is 5.97. The number of benzene rings is 1. The second-order valence-electron chi connectivity index (χ2n) is 5.79. The van der Waals surface area contributed by atoms with Crippen LogP contribution < -0.4 is 5.73 Å². The zero-order chi connectivity index (χ0) is 14.7. The van der Waals surface area contributed by atoms with Gasteiger partial charge in [-0.05, 0) is 54.7 Å². The molecule has 0 saturated heterocycles. The first-order valence-corrected chi connectivity index (χ1v) is 7.14. The molecule has 0 aliphatic heterocycles. The molecule has 1 atom stereocenters. The Morgan fingerprint density at radius 2 is 1.95 bits per heavy atom. The molecule has 0 saturated carbocycles. The Hall–Kier alpha value is -1.91. The minimum Gasteiger partial charge on any atom is -0.398 e. The number of nitrogens with zero attached hydrogens (tertiary/aromatic N) is 4. The second-order valence-corrected chi connectivity index (χ2v) is 5.79. The van der Waals surface area contributed by atoms with Gasteiger partial charge in [0.1, 0.15) is 0 Å². The predicted octanol–water partition coefficient (Wildman–Crippen LogP) is 3.23. The van der Waals surface area contributed by atoms with Crippen LogP contribution in [0.15, 0.2) is 18.2 Å². The van der Waals surface area contributed by atoms with E-state index in [1.54, 1.807) is 0 Å². The Kier molecular flexibility index (Phi) is 4.37. The van der Waals surface area contributed by atoms with E-state index in [0.717, 1.165) is 35.5 Å². The summed E-state index contributed by atoms with van der Waals surface area (Å²) in [6.07, 6.45) is 2.23. The van der Waals surface area contributed by atoms with Crippen molar-refractivity contribution in [1.82, 2.24) is 20.2 Å². The smallest absolute Gasteiger partial charge is 0.182 e. The van der Waals surface area contributed by atoms with Gasteiger partial charge in [-0.3, -0.25) is 0 Å².